The second-order valence-corrected chi connectivity index (χ2v) is 4.62. The fourth-order valence-electron chi connectivity index (χ4n) is 2.01. The van der Waals surface area contributed by atoms with Crippen molar-refractivity contribution in [1.82, 2.24) is 9.13 Å². The van der Waals surface area contributed by atoms with E-state index < -0.39 is 16.8 Å². The average molecular weight is 306 g/mol. The number of anilines is 1. The van der Waals surface area contributed by atoms with Crippen LogP contribution in [0.2, 0.25) is 0 Å². The van der Waals surface area contributed by atoms with Crippen LogP contribution in [-0.4, -0.2) is 33.0 Å². The van der Waals surface area contributed by atoms with Crippen LogP contribution < -0.4 is 5.32 Å². The molecule has 0 bridgehead atoms. The number of carbonyl (C=O) groups is 2. The van der Waals surface area contributed by atoms with Gasteiger partial charge in [0, 0.05) is 26.4 Å². The summed E-state index contributed by atoms with van der Waals surface area (Å²) in [5.74, 6) is -1.05. The van der Waals surface area contributed by atoms with Crippen LogP contribution in [0.1, 0.15) is 21.0 Å². The van der Waals surface area contributed by atoms with Crippen LogP contribution in [-0.2, 0) is 18.8 Å². The smallest absolute Gasteiger partial charge is 0.354 e. The van der Waals surface area contributed by atoms with Crippen molar-refractivity contribution in [1.29, 1.82) is 0 Å². The minimum absolute atomic E-state index is 0.134. The molecular weight excluding hydrogens is 292 g/mol. The summed E-state index contributed by atoms with van der Waals surface area (Å²) >= 11 is 0. The Morgan fingerprint density at radius 1 is 1.18 bits per heavy atom. The summed E-state index contributed by atoms with van der Waals surface area (Å²) in [4.78, 5) is 33.8. The lowest BCUT2D eigenvalue weighted by Gasteiger charge is -2.02. The fourth-order valence-corrected chi connectivity index (χ4v) is 2.01. The van der Waals surface area contributed by atoms with Crippen LogP contribution in [0, 0.1) is 10.1 Å². The highest BCUT2D eigenvalue weighted by Crippen LogP contribution is 2.18. The first-order valence-corrected chi connectivity index (χ1v) is 6.20. The Labute approximate surface area is 125 Å². The number of nitrogens with one attached hydrogen (secondary N) is 1. The summed E-state index contributed by atoms with van der Waals surface area (Å²) in [6.45, 7) is 0. The van der Waals surface area contributed by atoms with Crippen LogP contribution in [0.5, 0.6) is 0 Å². The van der Waals surface area contributed by atoms with E-state index in [9.17, 15) is 19.7 Å². The Morgan fingerprint density at radius 2 is 1.82 bits per heavy atom. The van der Waals surface area contributed by atoms with E-state index >= 15 is 0 Å². The zero-order chi connectivity index (χ0) is 16.4. The van der Waals surface area contributed by atoms with Crippen LogP contribution in [0.15, 0.2) is 24.5 Å². The summed E-state index contributed by atoms with van der Waals surface area (Å²) < 4.78 is 7.48. The molecule has 0 spiro atoms. The predicted octanol–water partition coefficient (Wildman–Crippen LogP) is 1.31. The minimum atomic E-state index is -0.575. The molecule has 116 valence electrons. The number of rotatable bonds is 4. The van der Waals surface area contributed by atoms with Gasteiger partial charge in [-0.15, -0.1) is 0 Å². The third kappa shape index (κ3) is 2.82. The number of aromatic nitrogens is 2. The Hall–Kier alpha value is -3.10. The molecule has 0 atom stereocenters. The Kier molecular flexibility index (Phi) is 3.97. The van der Waals surface area contributed by atoms with Crippen molar-refractivity contribution < 1.29 is 19.2 Å². The van der Waals surface area contributed by atoms with Crippen LogP contribution in [0.3, 0.4) is 0 Å². The van der Waals surface area contributed by atoms with E-state index in [1.807, 2.05) is 0 Å². The summed E-state index contributed by atoms with van der Waals surface area (Å²) in [6, 6.07) is 2.64. The lowest BCUT2D eigenvalue weighted by molar-refractivity contribution is -0.384. The fraction of sp³-hybridized carbons (Fsp3) is 0.231. The molecule has 2 rings (SSSR count). The molecule has 2 aromatic rings. The largest absolute Gasteiger partial charge is 0.464 e. The molecule has 0 saturated heterocycles. The first kappa shape index (κ1) is 15.3. The number of nitrogens with zero attached hydrogens (tertiary/aromatic N) is 3. The van der Waals surface area contributed by atoms with Crippen molar-refractivity contribution in [3.63, 3.8) is 0 Å². The third-order valence-corrected chi connectivity index (χ3v) is 3.09. The highest BCUT2D eigenvalue weighted by atomic mass is 16.6. The molecule has 0 aliphatic rings. The van der Waals surface area contributed by atoms with Crippen molar-refractivity contribution in [2.75, 3.05) is 12.4 Å². The number of carbonyl (C=O) groups excluding carboxylic acids is 2. The number of nitro groups is 1. The summed E-state index contributed by atoms with van der Waals surface area (Å²) in [5.41, 5.74) is 0.624. The molecule has 1 N–H and O–H groups in total. The lowest BCUT2D eigenvalue weighted by atomic mass is 10.3. The molecule has 1 amide bonds. The van der Waals surface area contributed by atoms with Gasteiger partial charge in [0.2, 0.25) is 0 Å². The Balaban J connectivity index is 2.22. The zero-order valence-electron chi connectivity index (χ0n) is 12.2. The maximum absolute atomic E-state index is 12.2. The van der Waals surface area contributed by atoms with Gasteiger partial charge in [0.1, 0.15) is 11.4 Å². The number of esters is 1. The van der Waals surface area contributed by atoms with Gasteiger partial charge in [-0.25, -0.2) is 4.79 Å². The topological polar surface area (TPSA) is 108 Å². The van der Waals surface area contributed by atoms with Gasteiger partial charge >= 0.3 is 5.97 Å². The number of ether oxygens (including phenoxy) is 1. The molecule has 0 fully saturated rings. The number of hydrogen-bond donors (Lipinski definition) is 1. The molecule has 0 saturated carbocycles. The molecule has 0 unspecified atom stereocenters. The number of aryl methyl sites for hydroxylation is 2. The second kappa shape index (κ2) is 5.72. The summed E-state index contributed by atoms with van der Waals surface area (Å²) in [6.07, 6.45) is 2.79. The highest BCUT2D eigenvalue weighted by molar-refractivity contribution is 6.04. The van der Waals surface area contributed by atoms with E-state index in [4.69, 9.17) is 0 Å². The first-order chi connectivity index (χ1) is 10.3. The number of hydrogen-bond acceptors (Lipinski definition) is 5. The molecular formula is C13H14N4O5. The standard InChI is InChI=1S/C13H14N4O5/c1-15-6-8(4-11(15)13(19)22-3)14-12(18)10-5-9(17(20)21)7-16(10)2/h4-7H,1-3H3,(H,14,18). The van der Waals surface area contributed by atoms with Crippen molar-refractivity contribution >= 4 is 23.3 Å². The van der Waals surface area contributed by atoms with E-state index in [0.29, 0.717) is 5.69 Å². The van der Waals surface area contributed by atoms with E-state index in [2.05, 4.69) is 10.1 Å². The lowest BCUT2D eigenvalue weighted by Crippen LogP contribution is -2.14. The quantitative estimate of drug-likeness (QED) is 0.520. The van der Waals surface area contributed by atoms with Gasteiger partial charge in [0.15, 0.2) is 0 Å². The van der Waals surface area contributed by atoms with E-state index in [0.717, 1.165) is 0 Å². The maximum atomic E-state index is 12.2. The highest BCUT2D eigenvalue weighted by Gasteiger charge is 2.19. The Morgan fingerprint density at radius 3 is 2.36 bits per heavy atom. The van der Waals surface area contributed by atoms with Crippen LogP contribution in [0.4, 0.5) is 11.4 Å². The molecule has 2 heterocycles. The predicted molar refractivity (Wildman–Crippen MR) is 76.8 cm³/mol. The van der Waals surface area contributed by atoms with Gasteiger partial charge in [-0.05, 0) is 6.07 Å². The monoisotopic (exact) mass is 306 g/mol. The number of methoxy groups -OCH3 is 1. The molecule has 9 heteroatoms. The van der Waals surface area contributed by atoms with Crippen molar-refractivity contribution in [3.05, 3.63) is 46.0 Å². The molecule has 0 radical (unpaired) electrons. The van der Waals surface area contributed by atoms with Crippen molar-refractivity contribution in [3.8, 4) is 0 Å². The van der Waals surface area contributed by atoms with E-state index in [-0.39, 0.29) is 17.1 Å². The summed E-state index contributed by atoms with van der Waals surface area (Å²) in [7, 11) is 4.43. The second-order valence-electron chi connectivity index (χ2n) is 4.62. The number of amides is 1. The molecule has 2 aromatic heterocycles. The van der Waals surface area contributed by atoms with Crippen molar-refractivity contribution in [2.45, 2.75) is 0 Å². The van der Waals surface area contributed by atoms with Crippen LogP contribution >= 0.6 is 0 Å². The molecule has 22 heavy (non-hydrogen) atoms. The minimum Gasteiger partial charge on any atom is -0.464 e. The van der Waals surface area contributed by atoms with Gasteiger partial charge < -0.3 is 19.2 Å². The normalized spacial score (nSPS) is 10.3. The maximum Gasteiger partial charge on any atom is 0.354 e. The van der Waals surface area contributed by atoms with Crippen molar-refractivity contribution in [2.24, 2.45) is 14.1 Å². The van der Waals surface area contributed by atoms with E-state index in [1.54, 1.807) is 13.2 Å². The van der Waals surface area contributed by atoms with Gasteiger partial charge in [0.05, 0.1) is 23.9 Å². The van der Waals surface area contributed by atoms with Gasteiger partial charge in [-0.2, -0.15) is 0 Å². The average Bonchev–Trinajstić information content (AvgIpc) is 3.01. The van der Waals surface area contributed by atoms with Gasteiger partial charge in [-0.1, -0.05) is 0 Å². The SMILES string of the molecule is COC(=O)c1cc(NC(=O)c2cc([N+](=O)[O-])cn2C)cn1C. The molecule has 9 nitrogen and oxygen atoms in total. The molecule has 0 aliphatic heterocycles. The van der Waals surface area contributed by atoms with Crippen LogP contribution in [0.25, 0.3) is 0 Å². The molecule has 0 aromatic carbocycles. The Bertz CT molecular complexity index is 759. The summed E-state index contributed by atoms with van der Waals surface area (Å²) in [5, 5.41) is 13.3. The third-order valence-electron chi connectivity index (χ3n) is 3.09. The van der Waals surface area contributed by atoms with E-state index in [1.165, 1.54) is 41.6 Å². The van der Waals surface area contributed by atoms with Gasteiger partial charge in [0.25, 0.3) is 11.6 Å². The van der Waals surface area contributed by atoms with Gasteiger partial charge in [-0.3, -0.25) is 14.9 Å². The molecule has 0 aliphatic carbocycles. The first-order valence-electron chi connectivity index (χ1n) is 6.20. The zero-order valence-corrected chi connectivity index (χ0v) is 12.2.